The molecule has 0 aliphatic carbocycles. The fourth-order valence-corrected chi connectivity index (χ4v) is 4.22. The Morgan fingerprint density at radius 2 is 2.18 bits per heavy atom. The monoisotopic (exact) mass is 323 g/mol. The Morgan fingerprint density at radius 1 is 1.32 bits per heavy atom. The number of thioether (sulfide) groups is 1. The Morgan fingerprint density at radius 3 is 3.05 bits per heavy atom. The third-order valence-electron chi connectivity index (χ3n) is 4.56. The van der Waals surface area contributed by atoms with Gasteiger partial charge < -0.3 is 14.8 Å². The molecule has 1 N–H and O–H groups in total. The maximum absolute atomic E-state index is 12.6. The standard InChI is InChI=1S/C15H25N5OS/c1-11-6-9-22-10-8-19(11)15(21)16-12(2)14-18-17-13-5-3-4-7-20(13)14/h11-12H,3-10H2,1-2H3,(H,16,21)/t11-,12-/m0/s1. The number of rotatable bonds is 2. The van der Waals surface area contributed by atoms with Crippen LogP contribution in [0.25, 0.3) is 0 Å². The first-order valence-electron chi connectivity index (χ1n) is 8.23. The van der Waals surface area contributed by atoms with E-state index in [1.165, 1.54) is 12.8 Å². The lowest BCUT2D eigenvalue weighted by atomic mass is 10.1. The zero-order valence-electron chi connectivity index (χ0n) is 13.4. The smallest absolute Gasteiger partial charge is 0.318 e. The number of hydrogen-bond acceptors (Lipinski definition) is 4. The number of aromatic nitrogens is 3. The molecule has 1 aromatic heterocycles. The van der Waals surface area contributed by atoms with Gasteiger partial charge in [-0.25, -0.2) is 4.79 Å². The minimum Gasteiger partial charge on any atom is -0.328 e. The Balaban J connectivity index is 1.67. The van der Waals surface area contributed by atoms with Crippen molar-refractivity contribution in [1.29, 1.82) is 0 Å². The molecule has 1 saturated heterocycles. The van der Waals surface area contributed by atoms with Crippen molar-refractivity contribution in [2.24, 2.45) is 0 Å². The van der Waals surface area contributed by atoms with Crippen molar-refractivity contribution < 1.29 is 4.79 Å². The third kappa shape index (κ3) is 3.24. The summed E-state index contributed by atoms with van der Waals surface area (Å²) in [6, 6.07) is 0.222. The van der Waals surface area contributed by atoms with Crippen LogP contribution in [0.15, 0.2) is 0 Å². The highest BCUT2D eigenvalue weighted by Crippen LogP contribution is 2.20. The number of aryl methyl sites for hydroxylation is 1. The van der Waals surface area contributed by atoms with Crippen LogP contribution in [0.1, 0.15) is 50.8 Å². The van der Waals surface area contributed by atoms with Gasteiger partial charge in [0.25, 0.3) is 0 Å². The van der Waals surface area contributed by atoms with Gasteiger partial charge in [-0.05, 0) is 38.9 Å². The number of carbonyl (C=O) groups is 1. The third-order valence-corrected chi connectivity index (χ3v) is 5.56. The number of nitrogens with one attached hydrogen (secondary N) is 1. The first-order chi connectivity index (χ1) is 10.7. The quantitative estimate of drug-likeness (QED) is 0.906. The maximum atomic E-state index is 12.6. The van der Waals surface area contributed by atoms with Crippen LogP contribution < -0.4 is 5.32 Å². The molecule has 3 heterocycles. The van der Waals surface area contributed by atoms with Crippen molar-refractivity contribution in [2.45, 2.75) is 58.2 Å². The van der Waals surface area contributed by atoms with Gasteiger partial charge in [-0.15, -0.1) is 10.2 Å². The van der Waals surface area contributed by atoms with E-state index in [1.54, 1.807) is 0 Å². The molecular weight excluding hydrogens is 298 g/mol. The zero-order valence-corrected chi connectivity index (χ0v) is 14.2. The number of hydrogen-bond donors (Lipinski definition) is 1. The molecule has 0 saturated carbocycles. The van der Waals surface area contributed by atoms with Crippen LogP contribution >= 0.6 is 11.8 Å². The van der Waals surface area contributed by atoms with Crippen LogP contribution in [0.3, 0.4) is 0 Å². The fraction of sp³-hybridized carbons (Fsp3) is 0.800. The highest BCUT2D eigenvalue weighted by Gasteiger charge is 2.26. The predicted molar refractivity (Wildman–Crippen MR) is 88.0 cm³/mol. The number of urea groups is 1. The van der Waals surface area contributed by atoms with Crippen LogP contribution in [0.5, 0.6) is 0 Å². The lowest BCUT2D eigenvalue weighted by molar-refractivity contribution is 0.179. The molecule has 22 heavy (non-hydrogen) atoms. The van der Waals surface area contributed by atoms with Crippen molar-refractivity contribution in [2.75, 3.05) is 18.1 Å². The van der Waals surface area contributed by atoms with Crippen molar-refractivity contribution in [3.05, 3.63) is 11.6 Å². The van der Waals surface area contributed by atoms with Gasteiger partial charge in [0.15, 0.2) is 5.82 Å². The van der Waals surface area contributed by atoms with E-state index in [-0.39, 0.29) is 12.1 Å². The number of nitrogens with zero attached hydrogens (tertiary/aromatic N) is 4. The van der Waals surface area contributed by atoms with Crippen molar-refractivity contribution >= 4 is 17.8 Å². The zero-order chi connectivity index (χ0) is 15.5. The summed E-state index contributed by atoms with van der Waals surface area (Å²) in [5, 5.41) is 11.7. The SMILES string of the molecule is C[C@H](NC(=O)N1CCSCC[C@@H]1C)c1nnc2n1CCCC2. The Bertz CT molecular complexity index is 532. The molecular formula is C15H25N5OS. The molecule has 2 amide bonds. The number of carbonyl (C=O) groups excluding carboxylic acids is 1. The summed E-state index contributed by atoms with van der Waals surface area (Å²) in [4.78, 5) is 14.5. The van der Waals surface area contributed by atoms with Gasteiger partial charge >= 0.3 is 6.03 Å². The van der Waals surface area contributed by atoms with Gasteiger partial charge in [0.2, 0.25) is 0 Å². The van der Waals surface area contributed by atoms with E-state index in [4.69, 9.17) is 0 Å². The molecule has 122 valence electrons. The Kier molecular flexibility index (Phi) is 4.90. The van der Waals surface area contributed by atoms with Gasteiger partial charge in [0.05, 0.1) is 6.04 Å². The molecule has 0 radical (unpaired) electrons. The molecule has 7 heteroatoms. The molecule has 0 bridgehead atoms. The van der Waals surface area contributed by atoms with E-state index in [0.29, 0.717) is 6.04 Å². The second kappa shape index (κ2) is 6.89. The number of fused-ring (bicyclic) bond motifs is 1. The van der Waals surface area contributed by atoms with E-state index < -0.39 is 0 Å². The molecule has 0 unspecified atom stereocenters. The molecule has 2 aliphatic heterocycles. The fourth-order valence-electron chi connectivity index (χ4n) is 3.18. The highest BCUT2D eigenvalue weighted by molar-refractivity contribution is 7.99. The molecule has 2 atom stereocenters. The highest BCUT2D eigenvalue weighted by atomic mass is 32.2. The minimum absolute atomic E-state index is 0.0238. The lowest BCUT2D eigenvalue weighted by Crippen LogP contribution is -2.46. The first kappa shape index (κ1) is 15.6. The largest absolute Gasteiger partial charge is 0.328 e. The van der Waals surface area contributed by atoms with Crippen LogP contribution in [-0.2, 0) is 13.0 Å². The number of amides is 2. The van der Waals surface area contributed by atoms with Crippen LogP contribution in [-0.4, -0.2) is 49.8 Å². The Labute approximate surface area is 136 Å². The van der Waals surface area contributed by atoms with E-state index >= 15 is 0 Å². The van der Waals surface area contributed by atoms with E-state index in [9.17, 15) is 4.79 Å². The summed E-state index contributed by atoms with van der Waals surface area (Å²) in [6.45, 7) is 5.92. The molecule has 0 aromatic carbocycles. The average Bonchev–Trinajstić information content (AvgIpc) is 2.82. The topological polar surface area (TPSA) is 63.1 Å². The van der Waals surface area contributed by atoms with Gasteiger partial charge in [-0.3, -0.25) is 0 Å². The summed E-state index contributed by atoms with van der Waals surface area (Å²) < 4.78 is 2.18. The van der Waals surface area contributed by atoms with Gasteiger partial charge in [-0.2, -0.15) is 11.8 Å². The normalized spacial score (nSPS) is 23.5. The average molecular weight is 323 g/mol. The molecule has 0 spiro atoms. The van der Waals surface area contributed by atoms with Crippen LogP contribution in [0.4, 0.5) is 4.79 Å². The van der Waals surface area contributed by atoms with Crippen molar-refractivity contribution in [3.8, 4) is 0 Å². The second-order valence-corrected chi connectivity index (χ2v) is 7.42. The van der Waals surface area contributed by atoms with Crippen molar-refractivity contribution in [1.82, 2.24) is 25.0 Å². The van der Waals surface area contributed by atoms with E-state index in [2.05, 4.69) is 27.0 Å². The van der Waals surface area contributed by atoms with E-state index in [1.807, 2.05) is 23.6 Å². The van der Waals surface area contributed by atoms with Gasteiger partial charge in [-0.1, -0.05) is 0 Å². The summed E-state index contributed by atoms with van der Waals surface area (Å²) in [6.07, 6.45) is 4.40. The van der Waals surface area contributed by atoms with E-state index in [0.717, 1.165) is 49.1 Å². The van der Waals surface area contributed by atoms with Crippen molar-refractivity contribution in [3.63, 3.8) is 0 Å². The van der Waals surface area contributed by atoms with Crippen LogP contribution in [0.2, 0.25) is 0 Å². The Hall–Kier alpha value is -1.24. The first-order valence-corrected chi connectivity index (χ1v) is 9.39. The molecule has 2 aliphatic rings. The molecule has 6 nitrogen and oxygen atoms in total. The lowest BCUT2D eigenvalue weighted by Gasteiger charge is -2.28. The molecule has 1 aromatic rings. The summed E-state index contributed by atoms with van der Waals surface area (Å²) in [5.41, 5.74) is 0. The summed E-state index contributed by atoms with van der Waals surface area (Å²) in [7, 11) is 0. The molecule has 1 fully saturated rings. The predicted octanol–water partition coefficient (Wildman–Crippen LogP) is 2.21. The van der Waals surface area contributed by atoms with Crippen LogP contribution in [0, 0.1) is 0 Å². The van der Waals surface area contributed by atoms with Gasteiger partial charge in [0, 0.05) is 31.3 Å². The minimum atomic E-state index is -0.102. The molecule has 3 rings (SSSR count). The van der Waals surface area contributed by atoms with Gasteiger partial charge in [0.1, 0.15) is 5.82 Å². The summed E-state index contributed by atoms with van der Waals surface area (Å²) >= 11 is 1.93. The maximum Gasteiger partial charge on any atom is 0.318 e. The second-order valence-electron chi connectivity index (χ2n) is 6.20. The summed E-state index contributed by atoms with van der Waals surface area (Å²) in [5.74, 6) is 4.10.